The number of urea groups is 1. The molecule has 1 aliphatic heterocycles. The molecular weight excluding hydrogens is 304 g/mol. The minimum atomic E-state index is -0.0904. The van der Waals surface area contributed by atoms with E-state index >= 15 is 0 Å². The first-order valence-electron chi connectivity index (χ1n) is 9.58. The Labute approximate surface area is 146 Å². The van der Waals surface area contributed by atoms with E-state index in [0.717, 1.165) is 31.8 Å². The second-order valence-corrected chi connectivity index (χ2v) is 8.87. The number of aliphatic hydroxyl groups excluding tert-OH is 1. The average Bonchev–Trinajstić information content (AvgIpc) is 2.83. The normalized spacial score (nSPS) is 31.5. The molecule has 3 N–H and O–H groups in total. The maximum atomic E-state index is 12.3. The Morgan fingerprint density at radius 2 is 2.04 bits per heavy atom. The Morgan fingerprint density at radius 1 is 1.25 bits per heavy atom. The van der Waals surface area contributed by atoms with Crippen molar-refractivity contribution in [2.45, 2.75) is 71.8 Å². The van der Waals surface area contributed by atoms with Gasteiger partial charge in [-0.05, 0) is 49.9 Å². The van der Waals surface area contributed by atoms with E-state index in [-0.39, 0.29) is 24.1 Å². The van der Waals surface area contributed by atoms with Crippen LogP contribution in [0.25, 0.3) is 0 Å². The monoisotopic (exact) mass is 340 g/mol. The summed E-state index contributed by atoms with van der Waals surface area (Å²) in [6, 6.07) is 0.212. The van der Waals surface area contributed by atoms with E-state index in [1.165, 1.54) is 19.3 Å². The van der Waals surface area contributed by atoms with Crippen LogP contribution >= 0.6 is 0 Å². The third-order valence-electron chi connectivity index (χ3n) is 5.98. The second kappa shape index (κ2) is 8.52. The van der Waals surface area contributed by atoms with Crippen LogP contribution in [0.15, 0.2) is 0 Å². The Balaban J connectivity index is 1.76. The number of rotatable bonds is 5. The van der Waals surface area contributed by atoms with Gasteiger partial charge in [-0.2, -0.15) is 0 Å². The minimum absolute atomic E-state index is 0.0709. The van der Waals surface area contributed by atoms with Gasteiger partial charge in [0.25, 0.3) is 0 Å². The highest BCUT2D eigenvalue weighted by molar-refractivity contribution is 5.74. The van der Waals surface area contributed by atoms with E-state index in [2.05, 4.69) is 31.4 Å². The number of carbonyl (C=O) groups is 1. The van der Waals surface area contributed by atoms with Crippen LogP contribution in [0.3, 0.4) is 0 Å². The predicted octanol–water partition coefficient (Wildman–Crippen LogP) is 3.07. The number of carbonyl (C=O) groups excluding carboxylic acids is 1. The summed E-state index contributed by atoms with van der Waals surface area (Å²) in [7, 11) is 0. The molecule has 0 radical (unpaired) electrons. The van der Waals surface area contributed by atoms with Gasteiger partial charge in [-0.25, -0.2) is 4.79 Å². The Kier molecular flexibility index (Phi) is 6.93. The SMILES string of the molecule is CC(C)(C)[C@@H]1CCC[C@@H](NC(=O)NC[C@]2(CCO)CCOC2)CC1. The molecule has 0 aromatic carbocycles. The molecule has 5 heteroatoms. The molecule has 2 aliphatic rings. The zero-order chi connectivity index (χ0) is 17.6. The highest BCUT2D eigenvalue weighted by Crippen LogP contribution is 2.36. The van der Waals surface area contributed by atoms with Crippen molar-refractivity contribution in [3.63, 3.8) is 0 Å². The zero-order valence-corrected chi connectivity index (χ0v) is 15.7. The summed E-state index contributed by atoms with van der Waals surface area (Å²) in [5.74, 6) is 0.746. The number of ether oxygens (including phenoxy) is 1. The lowest BCUT2D eigenvalue weighted by atomic mass is 9.76. The number of aliphatic hydroxyl groups is 1. The maximum absolute atomic E-state index is 12.3. The van der Waals surface area contributed by atoms with Crippen molar-refractivity contribution >= 4 is 6.03 Å². The summed E-state index contributed by atoms with van der Waals surface area (Å²) in [5, 5.41) is 15.4. The smallest absolute Gasteiger partial charge is 0.315 e. The van der Waals surface area contributed by atoms with Gasteiger partial charge < -0.3 is 20.5 Å². The summed E-state index contributed by atoms with van der Waals surface area (Å²) in [5.41, 5.74) is 0.267. The molecule has 0 unspecified atom stereocenters. The van der Waals surface area contributed by atoms with Crippen LogP contribution in [0.2, 0.25) is 0 Å². The molecular formula is C19H36N2O3. The Morgan fingerprint density at radius 3 is 2.67 bits per heavy atom. The zero-order valence-electron chi connectivity index (χ0n) is 15.7. The quantitative estimate of drug-likeness (QED) is 0.674. The van der Waals surface area contributed by atoms with E-state index in [1.807, 2.05) is 0 Å². The van der Waals surface area contributed by atoms with Gasteiger partial charge in [-0.15, -0.1) is 0 Å². The molecule has 2 rings (SSSR count). The van der Waals surface area contributed by atoms with Crippen molar-refractivity contribution < 1.29 is 14.6 Å². The molecule has 1 saturated heterocycles. The number of hydrogen-bond acceptors (Lipinski definition) is 3. The lowest BCUT2D eigenvalue weighted by Gasteiger charge is -2.30. The van der Waals surface area contributed by atoms with Gasteiger partial charge in [0.1, 0.15) is 0 Å². The fourth-order valence-electron chi connectivity index (χ4n) is 4.13. The largest absolute Gasteiger partial charge is 0.396 e. The van der Waals surface area contributed by atoms with Crippen molar-refractivity contribution in [1.29, 1.82) is 0 Å². The van der Waals surface area contributed by atoms with Crippen LogP contribution in [0.1, 0.15) is 65.7 Å². The van der Waals surface area contributed by atoms with Crippen molar-refractivity contribution in [3.05, 3.63) is 0 Å². The van der Waals surface area contributed by atoms with Crippen LogP contribution < -0.4 is 10.6 Å². The molecule has 2 amide bonds. The molecule has 0 aromatic heterocycles. The molecule has 24 heavy (non-hydrogen) atoms. The Bertz CT molecular complexity index is 400. The molecule has 0 spiro atoms. The van der Waals surface area contributed by atoms with Crippen LogP contribution in [-0.2, 0) is 4.74 Å². The predicted molar refractivity (Wildman–Crippen MR) is 95.9 cm³/mol. The molecule has 1 aliphatic carbocycles. The fourth-order valence-corrected chi connectivity index (χ4v) is 4.13. The van der Waals surface area contributed by atoms with Crippen molar-refractivity contribution in [3.8, 4) is 0 Å². The molecule has 1 saturated carbocycles. The van der Waals surface area contributed by atoms with Gasteiger partial charge in [0, 0.05) is 31.2 Å². The van der Waals surface area contributed by atoms with Gasteiger partial charge in [0.2, 0.25) is 0 Å². The van der Waals surface area contributed by atoms with Crippen molar-refractivity contribution in [2.75, 3.05) is 26.4 Å². The second-order valence-electron chi connectivity index (χ2n) is 8.87. The van der Waals surface area contributed by atoms with E-state index in [9.17, 15) is 9.90 Å². The molecule has 2 fully saturated rings. The van der Waals surface area contributed by atoms with Gasteiger partial charge in [-0.3, -0.25) is 0 Å². The number of nitrogens with one attached hydrogen (secondary N) is 2. The van der Waals surface area contributed by atoms with E-state index < -0.39 is 0 Å². The maximum Gasteiger partial charge on any atom is 0.315 e. The lowest BCUT2D eigenvalue weighted by Crippen LogP contribution is -2.46. The van der Waals surface area contributed by atoms with Crippen LogP contribution in [0, 0.1) is 16.7 Å². The lowest BCUT2D eigenvalue weighted by molar-refractivity contribution is 0.125. The van der Waals surface area contributed by atoms with Gasteiger partial charge in [0.15, 0.2) is 0 Å². The van der Waals surface area contributed by atoms with Crippen LogP contribution in [-0.4, -0.2) is 43.5 Å². The summed E-state index contributed by atoms with van der Waals surface area (Å²) >= 11 is 0. The first-order chi connectivity index (χ1) is 11.3. The highest BCUT2D eigenvalue weighted by Gasteiger charge is 2.35. The van der Waals surface area contributed by atoms with Gasteiger partial charge >= 0.3 is 6.03 Å². The van der Waals surface area contributed by atoms with Crippen LogP contribution in [0.4, 0.5) is 4.79 Å². The fraction of sp³-hybridized carbons (Fsp3) is 0.947. The molecule has 140 valence electrons. The number of amides is 2. The Hall–Kier alpha value is -0.810. The summed E-state index contributed by atoms with van der Waals surface area (Å²) in [6.45, 7) is 9.04. The van der Waals surface area contributed by atoms with Crippen molar-refractivity contribution in [1.82, 2.24) is 10.6 Å². The van der Waals surface area contributed by atoms with Gasteiger partial charge in [0.05, 0.1) is 6.61 Å². The highest BCUT2D eigenvalue weighted by atomic mass is 16.5. The summed E-state index contributed by atoms with van der Waals surface area (Å²) < 4.78 is 5.47. The van der Waals surface area contributed by atoms with Crippen LogP contribution in [0.5, 0.6) is 0 Å². The summed E-state index contributed by atoms with van der Waals surface area (Å²) in [4.78, 5) is 12.3. The van der Waals surface area contributed by atoms with Gasteiger partial charge in [-0.1, -0.05) is 27.2 Å². The van der Waals surface area contributed by atoms with Crippen molar-refractivity contribution in [2.24, 2.45) is 16.7 Å². The minimum Gasteiger partial charge on any atom is -0.396 e. The molecule has 5 nitrogen and oxygen atoms in total. The molecule has 1 heterocycles. The third-order valence-corrected chi connectivity index (χ3v) is 5.98. The molecule has 3 atom stereocenters. The first-order valence-corrected chi connectivity index (χ1v) is 9.58. The first kappa shape index (κ1) is 19.5. The molecule has 0 aromatic rings. The third kappa shape index (κ3) is 5.62. The molecule has 0 bridgehead atoms. The van der Waals surface area contributed by atoms with E-state index in [1.54, 1.807) is 0 Å². The topological polar surface area (TPSA) is 70.6 Å². The van der Waals surface area contributed by atoms with E-state index in [0.29, 0.717) is 25.0 Å². The standard InChI is InChI=1S/C19H36N2O3/c1-18(2,3)15-5-4-6-16(8-7-15)21-17(23)20-13-19(9-11-22)10-12-24-14-19/h15-16,22H,4-14H2,1-3H3,(H2,20,21,23)/t15-,16-,19+/m1/s1. The average molecular weight is 341 g/mol. The summed E-state index contributed by atoms with van der Waals surface area (Å²) in [6.07, 6.45) is 7.38. The number of hydrogen-bond donors (Lipinski definition) is 3. The van der Waals surface area contributed by atoms with E-state index in [4.69, 9.17) is 4.74 Å².